The van der Waals surface area contributed by atoms with Gasteiger partial charge in [0, 0.05) is 11.9 Å². The molecule has 5 rings (SSSR count). The Morgan fingerprint density at radius 1 is 1.30 bits per heavy atom. The minimum Gasteiger partial charge on any atom is -0.463 e. The summed E-state index contributed by atoms with van der Waals surface area (Å²) in [5, 5.41) is 0.822. The fourth-order valence-corrected chi connectivity index (χ4v) is 3.81. The smallest absolute Gasteiger partial charge is 0.252 e. The van der Waals surface area contributed by atoms with Crippen LogP contribution in [0.2, 0.25) is 0 Å². The molecule has 1 aromatic carbocycles. The van der Waals surface area contributed by atoms with Crippen LogP contribution >= 0.6 is 0 Å². The van der Waals surface area contributed by atoms with Crippen molar-refractivity contribution < 1.29 is 9.21 Å². The number of benzene rings is 1. The molecule has 2 bridgehead atoms. The van der Waals surface area contributed by atoms with Gasteiger partial charge in [-0.15, -0.1) is 0 Å². The first-order valence-electron chi connectivity index (χ1n) is 7.25. The van der Waals surface area contributed by atoms with Crippen LogP contribution in [0.15, 0.2) is 28.9 Å². The number of hydrogen-bond acceptors (Lipinski definition) is 3. The number of carbonyl (C=O) groups excluding carboxylic acids is 1. The van der Waals surface area contributed by atoms with Gasteiger partial charge in [0.2, 0.25) is 0 Å². The van der Waals surface area contributed by atoms with Crippen LogP contribution in [0.1, 0.15) is 34.7 Å². The third kappa shape index (κ3) is 1.75. The number of amides is 1. The molecule has 2 aromatic rings. The van der Waals surface area contributed by atoms with Crippen LogP contribution in [-0.2, 0) is 0 Å². The number of nitrogens with zero attached hydrogens (tertiary/aromatic N) is 1. The van der Waals surface area contributed by atoms with E-state index in [0.29, 0.717) is 11.5 Å². The van der Waals surface area contributed by atoms with Gasteiger partial charge in [0.1, 0.15) is 11.8 Å². The normalized spacial score (nSPS) is 28.9. The molecule has 0 unspecified atom stereocenters. The van der Waals surface area contributed by atoms with Crippen LogP contribution in [0.5, 0.6) is 0 Å². The first-order chi connectivity index (χ1) is 9.72. The maximum absolute atomic E-state index is 11.3. The topological polar surface area (TPSA) is 59.5 Å². The zero-order valence-corrected chi connectivity index (χ0v) is 11.3. The molecule has 4 heteroatoms. The highest BCUT2D eigenvalue weighted by molar-refractivity contribution is 6.05. The average molecular weight is 270 g/mol. The molecular formula is C16H18N2O2. The fraction of sp³-hybridized carbons (Fsp3) is 0.438. The van der Waals surface area contributed by atoms with E-state index in [-0.39, 0.29) is 0 Å². The molecule has 20 heavy (non-hydrogen) atoms. The van der Waals surface area contributed by atoms with Crippen molar-refractivity contribution in [3.63, 3.8) is 0 Å². The van der Waals surface area contributed by atoms with Crippen LogP contribution in [-0.4, -0.2) is 30.4 Å². The lowest BCUT2D eigenvalue weighted by Crippen LogP contribution is -2.46. The Balaban J connectivity index is 1.73. The van der Waals surface area contributed by atoms with Crippen molar-refractivity contribution in [1.82, 2.24) is 4.90 Å². The van der Waals surface area contributed by atoms with Gasteiger partial charge in [-0.2, -0.15) is 0 Å². The molecule has 2 N–H and O–H groups in total. The number of fused-ring (bicyclic) bond motifs is 4. The van der Waals surface area contributed by atoms with E-state index in [0.717, 1.165) is 23.4 Å². The molecule has 3 fully saturated rings. The molecule has 1 aromatic heterocycles. The Labute approximate surface area is 117 Å². The molecule has 1 atom stereocenters. The Morgan fingerprint density at radius 3 is 2.75 bits per heavy atom. The molecular weight excluding hydrogens is 252 g/mol. The lowest BCUT2D eigenvalue weighted by atomic mass is 9.75. The largest absolute Gasteiger partial charge is 0.463 e. The molecule has 0 aliphatic carbocycles. The first kappa shape index (κ1) is 12.0. The van der Waals surface area contributed by atoms with E-state index in [1.54, 1.807) is 0 Å². The minimum atomic E-state index is -0.431. The summed E-state index contributed by atoms with van der Waals surface area (Å²) in [6.45, 7) is 3.64. The number of furan rings is 1. The summed E-state index contributed by atoms with van der Waals surface area (Å²) in [5.41, 5.74) is 7.92. The fourth-order valence-electron chi connectivity index (χ4n) is 3.81. The molecule has 0 spiro atoms. The number of primary amides is 1. The second-order valence-electron chi connectivity index (χ2n) is 6.01. The summed E-state index contributed by atoms with van der Waals surface area (Å²) in [6, 6.07) is 6.21. The van der Waals surface area contributed by atoms with E-state index in [1.807, 2.05) is 6.07 Å². The SMILES string of the molecule is NC(=O)c1coc2cc([C@@H]3CN4CCC3CC4)ccc12. The quantitative estimate of drug-likeness (QED) is 0.911. The summed E-state index contributed by atoms with van der Waals surface area (Å²) < 4.78 is 5.51. The van der Waals surface area contributed by atoms with Crippen LogP contribution in [0, 0.1) is 5.92 Å². The van der Waals surface area contributed by atoms with E-state index in [1.165, 1.54) is 37.8 Å². The van der Waals surface area contributed by atoms with Gasteiger partial charge in [-0.05, 0) is 49.4 Å². The molecule has 3 aliphatic heterocycles. The maximum atomic E-state index is 11.3. The van der Waals surface area contributed by atoms with Crippen LogP contribution in [0.4, 0.5) is 0 Å². The number of nitrogens with two attached hydrogens (primary N) is 1. The highest BCUT2D eigenvalue weighted by Gasteiger charge is 2.35. The number of carbonyl (C=O) groups is 1. The van der Waals surface area contributed by atoms with E-state index >= 15 is 0 Å². The van der Waals surface area contributed by atoms with Gasteiger partial charge >= 0.3 is 0 Å². The van der Waals surface area contributed by atoms with Crippen LogP contribution in [0.3, 0.4) is 0 Å². The van der Waals surface area contributed by atoms with Gasteiger partial charge in [-0.3, -0.25) is 4.79 Å². The molecule has 0 saturated carbocycles. The Morgan fingerprint density at radius 2 is 2.10 bits per heavy atom. The van der Waals surface area contributed by atoms with Crippen LogP contribution in [0.25, 0.3) is 11.0 Å². The molecule has 3 saturated heterocycles. The Hall–Kier alpha value is -1.81. The third-order valence-electron chi connectivity index (χ3n) is 4.95. The van der Waals surface area contributed by atoms with Crippen molar-refractivity contribution in [2.24, 2.45) is 11.7 Å². The maximum Gasteiger partial charge on any atom is 0.252 e. The monoisotopic (exact) mass is 270 g/mol. The predicted octanol–water partition coefficient (Wildman–Crippen LogP) is 2.34. The Kier molecular flexibility index (Phi) is 2.60. The highest BCUT2D eigenvalue weighted by atomic mass is 16.3. The van der Waals surface area contributed by atoms with E-state index < -0.39 is 5.91 Å². The predicted molar refractivity (Wildman–Crippen MR) is 76.6 cm³/mol. The van der Waals surface area contributed by atoms with Gasteiger partial charge in [0.15, 0.2) is 0 Å². The minimum absolute atomic E-state index is 0.431. The summed E-state index contributed by atoms with van der Waals surface area (Å²) in [7, 11) is 0. The van der Waals surface area contributed by atoms with Crippen molar-refractivity contribution >= 4 is 16.9 Å². The number of rotatable bonds is 2. The second kappa shape index (κ2) is 4.35. The van der Waals surface area contributed by atoms with Gasteiger partial charge in [0.05, 0.1) is 5.56 Å². The van der Waals surface area contributed by atoms with Crippen molar-refractivity contribution in [3.05, 3.63) is 35.6 Å². The Bertz CT molecular complexity index is 668. The lowest BCUT2D eigenvalue weighted by molar-refractivity contribution is 0.0871. The first-order valence-corrected chi connectivity index (χ1v) is 7.25. The van der Waals surface area contributed by atoms with Crippen molar-refractivity contribution in [3.8, 4) is 0 Å². The van der Waals surface area contributed by atoms with Gasteiger partial charge in [-0.1, -0.05) is 12.1 Å². The summed E-state index contributed by atoms with van der Waals surface area (Å²) >= 11 is 0. The number of piperidine rings is 3. The van der Waals surface area contributed by atoms with Crippen molar-refractivity contribution in [1.29, 1.82) is 0 Å². The molecule has 4 nitrogen and oxygen atoms in total. The van der Waals surface area contributed by atoms with Crippen molar-refractivity contribution in [2.75, 3.05) is 19.6 Å². The molecule has 0 radical (unpaired) electrons. The van der Waals surface area contributed by atoms with Crippen LogP contribution < -0.4 is 5.73 Å². The van der Waals surface area contributed by atoms with Gasteiger partial charge < -0.3 is 15.1 Å². The van der Waals surface area contributed by atoms with E-state index in [4.69, 9.17) is 10.2 Å². The summed E-state index contributed by atoms with van der Waals surface area (Å²) in [5.74, 6) is 0.964. The molecule has 104 valence electrons. The van der Waals surface area contributed by atoms with E-state index in [2.05, 4.69) is 17.0 Å². The standard InChI is InChI=1S/C16H18N2O2/c17-16(19)14-9-20-15-7-11(1-2-12(14)15)13-8-18-5-3-10(13)4-6-18/h1-2,7,9-10,13H,3-6,8H2,(H2,17,19)/t13-/m1/s1. The van der Waals surface area contributed by atoms with Crippen molar-refractivity contribution in [2.45, 2.75) is 18.8 Å². The number of hydrogen-bond donors (Lipinski definition) is 1. The second-order valence-corrected chi connectivity index (χ2v) is 6.01. The highest BCUT2D eigenvalue weighted by Crippen LogP contribution is 2.39. The molecule has 3 aliphatic rings. The molecule has 4 heterocycles. The zero-order chi connectivity index (χ0) is 13.7. The lowest BCUT2D eigenvalue weighted by Gasteiger charge is -2.45. The average Bonchev–Trinajstić information content (AvgIpc) is 2.91. The van der Waals surface area contributed by atoms with E-state index in [9.17, 15) is 4.79 Å². The summed E-state index contributed by atoms with van der Waals surface area (Å²) in [4.78, 5) is 13.9. The summed E-state index contributed by atoms with van der Waals surface area (Å²) in [6.07, 6.45) is 4.06. The third-order valence-corrected chi connectivity index (χ3v) is 4.95. The van der Waals surface area contributed by atoms with Gasteiger partial charge in [0.25, 0.3) is 5.91 Å². The molecule has 1 amide bonds. The zero-order valence-electron chi connectivity index (χ0n) is 11.3. The van der Waals surface area contributed by atoms with Gasteiger partial charge in [-0.25, -0.2) is 0 Å².